The molecule has 6 amide bonds. The first-order chi connectivity index (χ1) is 35.3. The van der Waals surface area contributed by atoms with E-state index in [1.807, 2.05) is 30.5 Å². The SMILES string of the molecule is CCC(CC)(CC(=O)NCCN(CCC(=O)Nc1cccc(N=CC(O)[C@H](O)[C@H](O)C(O)CO)c1)CCC(=O)Nc1cccc(N=CC(O)[C@H](O)[C@H](O)C(O)CO)c1)NC(=O)CCCCC1SCC2NC(=O)NC21. The highest BCUT2D eigenvalue weighted by Crippen LogP contribution is 2.33. The van der Waals surface area contributed by atoms with Crippen molar-refractivity contribution in [1.29, 1.82) is 0 Å². The molecule has 25 heteroatoms. The van der Waals surface area contributed by atoms with Crippen molar-refractivity contribution >= 4 is 76.6 Å². The number of amides is 6. The second-order valence-electron chi connectivity index (χ2n) is 18.5. The number of hydrogen-bond acceptors (Lipinski definition) is 19. The smallest absolute Gasteiger partial charge is 0.315 e. The Morgan fingerprint density at radius 3 is 1.74 bits per heavy atom. The summed E-state index contributed by atoms with van der Waals surface area (Å²) >= 11 is 1.82. The number of carbonyl (C=O) groups excluding carboxylic acids is 5. The number of aliphatic hydroxyl groups is 10. The van der Waals surface area contributed by atoms with Crippen molar-refractivity contribution in [2.24, 2.45) is 9.98 Å². The molecule has 2 aliphatic heterocycles. The van der Waals surface area contributed by atoms with Gasteiger partial charge in [-0.25, -0.2) is 4.79 Å². The van der Waals surface area contributed by atoms with E-state index in [9.17, 15) is 64.8 Å². The number of aliphatic hydroxyl groups excluding tert-OH is 10. The van der Waals surface area contributed by atoms with Gasteiger partial charge in [0.15, 0.2) is 0 Å². The first-order valence-electron chi connectivity index (χ1n) is 24.8. The van der Waals surface area contributed by atoms with E-state index in [-0.39, 0.29) is 86.7 Å². The zero-order valence-corrected chi connectivity index (χ0v) is 42.5. The van der Waals surface area contributed by atoms with Crippen molar-refractivity contribution in [2.75, 3.05) is 55.8 Å². The van der Waals surface area contributed by atoms with Crippen LogP contribution in [0.2, 0.25) is 0 Å². The summed E-state index contributed by atoms with van der Waals surface area (Å²) in [4.78, 5) is 74.9. The molecule has 412 valence electrons. The first-order valence-corrected chi connectivity index (χ1v) is 25.9. The Bertz CT molecular complexity index is 2070. The molecule has 2 fully saturated rings. The topological polar surface area (TPSA) is 388 Å². The zero-order chi connectivity index (χ0) is 54.4. The van der Waals surface area contributed by atoms with E-state index < -0.39 is 79.4 Å². The second kappa shape index (κ2) is 31.0. The summed E-state index contributed by atoms with van der Waals surface area (Å²) in [5.41, 5.74) is 0.424. The van der Waals surface area contributed by atoms with E-state index in [0.29, 0.717) is 42.3 Å². The maximum atomic E-state index is 13.4. The van der Waals surface area contributed by atoms with Gasteiger partial charge < -0.3 is 87.9 Å². The summed E-state index contributed by atoms with van der Waals surface area (Å²) in [6, 6.07) is 12.5. The minimum atomic E-state index is -1.85. The van der Waals surface area contributed by atoms with Gasteiger partial charge in [0, 0.05) is 92.2 Å². The molecule has 24 nitrogen and oxygen atoms in total. The molecule has 2 aromatic carbocycles. The van der Waals surface area contributed by atoms with Crippen LogP contribution in [0.15, 0.2) is 58.5 Å². The number of aliphatic imine (C=N–C) groups is 2. The zero-order valence-electron chi connectivity index (χ0n) is 41.7. The Morgan fingerprint density at radius 2 is 1.24 bits per heavy atom. The van der Waals surface area contributed by atoms with Crippen LogP contribution in [0, 0.1) is 0 Å². The van der Waals surface area contributed by atoms with E-state index in [4.69, 9.17) is 10.2 Å². The third kappa shape index (κ3) is 19.8. The average molecular weight is 1060 g/mol. The van der Waals surface area contributed by atoms with E-state index >= 15 is 0 Å². The fourth-order valence-corrected chi connectivity index (χ4v) is 9.83. The number of nitrogens with one attached hydrogen (secondary N) is 6. The van der Waals surface area contributed by atoms with Crippen LogP contribution in [0.3, 0.4) is 0 Å². The van der Waals surface area contributed by atoms with Crippen molar-refractivity contribution in [1.82, 2.24) is 26.2 Å². The quantitative estimate of drug-likeness (QED) is 0.0220. The molecule has 11 atom stereocenters. The standard InChI is InChI=1S/C49H75N9O15S/c1-3-49(4-2,57-41(67)14-6-5-13-38-43-33(28-74-38)55-48(73)56-43)23-42(68)50-17-20-58(18-15-39(65)53-31-11-7-9-29(21-31)51-24-34(61)44(69)46(71)36(63)26-59)19-16-40(66)54-32-12-8-10-30(22-32)52-25-35(62)45(70)47(72)37(64)27-60/h7-12,21-22,24-25,33-38,43-47,59-64,69-72H,3-6,13-20,23,26-28H2,1-2H3,(H,50,68)(H,53,65)(H,54,66)(H,57,67)(H2,55,56,73)/t33?,34?,35?,36?,37?,38?,43?,44-,45-,46+,47+/m0/s1. The van der Waals surface area contributed by atoms with E-state index in [0.717, 1.165) is 31.0 Å². The number of carbonyl (C=O) groups is 5. The number of unbranched alkanes of at least 4 members (excludes halogenated alkanes) is 1. The van der Waals surface area contributed by atoms with Crippen LogP contribution in [0.4, 0.5) is 27.5 Å². The molecule has 74 heavy (non-hydrogen) atoms. The van der Waals surface area contributed by atoms with Crippen LogP contribution >= 0.6 is 11.8 Å². The first kappa shape index (κ1) is 61.4. The van der Waals surface area contributed by atoms with Gasteiger partial charge >= 0.3 is 6.03 Å². The number of hydrogen-bond donors (Lipinski definition) is 16. The van der Waals surface area contributed by atoms with E-state index in [1.165, 1.54) is 12.1 Å². The molecule has 0 aliphatic carbocycles. The molecular formula is C49H75N9O15S. The molecule has 0 spiro atoms. The third-order valence-electron chi connectivity index (χ3n) is 13.0. The Morgan fingerprint density at radius 1 is 0.716 bits per heavy atom. The fourth-order valence-electron chi connectivity index (χ4n) is 8.28. The predicted molar refractivity (Wildman–Crippen MR) is 277 cm³/mol. The number of benzene rings is 2. The number of rotatable bonds is 33. The molecule has 16 N–H and O–H groups in total. The third-order valence-corrected chi connectivity index (χ3v) is 14.5. The van der Waals surface area contributed by atoms with Crippen LogP contribution in [0.1, 0.15) is 71.6 Å². The van der Waals surface area contributed by atoms with Gasteiger partial charge in [0.25, 0.3) is 0 Å². The lowest BCUT2D eigenvalue weighted by molar-refractivity contribution is -0.126. The summed E-state index contributed by atoms with van der Waals surface area (Å²) in [5, 5.41) is 115. The van der Waals surface area contributed by atoms with Crippen molar-refractivity contribution in [3.05, 3.63) is 48.5 Å². The molecular weight excluding hydrogens is 987 g/mol. The minimum Gasteiger partial charge on any atom is -0.394 e. The molecule has 2 aliphatic rings. The van der Waals surface area contributed by atoms with Crippen LogP contribution in [0.25, 0.3) is 0 Å². The van der Waals surface area contributed by atoms with Crippen LogP contribution in [-0.2, 0) is 19.2 Å². The van der Waals surface area contributed by atoms with Crippen molar-refractivity contribution in [2.45, 2.75) is 143 Å². The monoisotopic (exact) mass is 1060 g/mol. The Labute approximate surface area is 434 Å². The van der Waals surface area contributed by atoms with Gasteiger partial charge in [0.05, 0.1) is 36.7 Å². The highest BCUT2D eigenvalue weighted by Gasteiger charge is 2.42. The van der Waals surface area contributed by atoms with Crippen LogP contribution < -0.4 is 31.9 Å². The van der Waals surface area contributed by atoms with Gasteiger partial charge in [-0.3, -0.25) is 29.2 Å². The molecule has 0 saturated carbocycles. The van der Waals surface area contributed by atoms with Gasteiger partial charge in [-0.2, -0.15) is 11.8 Å². The Hall–Kier alpha value is -5.16. The van der Waals surface area contributed by atoms with Gasteiger partial charge in [-0.1, -0.05) is 32.4 Å². The number of nitrogens with zero attached hydrogens (tertiary/aromatic N) is 3. The number of thioether (sulfide) groups is 1. The maximum absolute atomic E-state index is 13.4. The van der Waals surface area contributed by atoms with Crippen molar-refractivity contribution in [3.63, 3.8) is 0 Å². The Balaban J connectivity index is 1.34. The lowest BCUT2D eigenvalue weighted by atomic mass is 9.88. The largest absolute Gasteiger partial charge is 0.394 e. The van der Waals surface area contributed by atoms with Crippen LogP contribution in [-0.4, -0.2) is 215 Å². The van der Waals surface area contributed by atoms with Crippen molar-refractivity contribution in [3.8, 4) is 0 Å². The normalized spacial score (nSPS) is 20.0. The van der Waals surface area contributed by atoms with Gasteiger partial charge in [-0.15, -0.1) is 0 Å². The number of fused-ring (bicyclic) bond motifs is 1. The fraction of sp³-hybridized carbons (Fsp3) is 0.612. The maximum Gasteiger partial charge on any atom is 0.315 e. The molecule has 2 saturated heterocycles. The predicted octanol–water partition coefficient (Wildman–Crippen LogP) is -1.47. The van der Waals surface area contributed by atoms with E-state index in [2.05, 4.69) is 41.9 Å². The minimum absolute atomic E-state index is 0.0277. The van der Waals surface area contributed by atoms with Gasteiger partial charge in [-0.05, 0) is 62.1 Å². The van der Waals surface area contributed by atoms with Crippen LogP contribution in [0.5, 0.6) is 0 Å². The summed E-state index contributed by atoms with van der Waals surface area (Å²) in [6.45, 7) is 2.81. The molecule has 0 aromatic heterocycles. The lowest BCUT2D eigenvalue weighted by Crippen LogP contribution is -2.51. The summed E-state index contributed by atoms with van der Waals surface area (Å²) in [6.07, 6.45) is -8.70. The molecule has 2 aromatic rings. The second-order valence-corrected chi connectivity index (χ2v) is 19.7. The number of urea groups is 1. The van der Waals surface area contributed by atoms with E-state index in [1.54, 1.807) is 36.4 Å². The molecule has 2 heterocycles. The van der Waals surface area contributed by atoms with Crippen molar-refractivity contribution < 1.29 is 75.0 Å². The average Bonchev–Trinajstić information content (AvgIpc) is 3.96. The lowest BCUT2D eigenvalue weighted by Gasteiger charge is -2.32. The molecule has 0 bridgehead atoms. The highest BCUT2D eigenvalue weighted by atomic mass is 32.2. The Kier molecular flexibility index (Phi) is 25.7. The molecule has 7 unspecified atom stereocenters. The molecule has 4 rings (SSSR count). The highest BCUT2D eigenvalue weighted by molar-refractivity contribution is 8.00. The molecule has 0 radical (unpaired) electrons. The summed E-state index contributed by atoms with van der Waals surface area (Å²) < 4.78 is 0. The number of anilines is 2. The van der Waals surface area contributed by atoms with Gasteiger partial charge in [0.2, 0.25) is 23.6 Å². The summed E-state index contributed by atoms with van der Waals surface area (Å²) in [7, 11) is 0. The summed E-state index contributed by atoms with van der Waals surface area (Å²) in [5.74, 6) is -0.399. The van der Waals surface area contributed by atoms with Gasteiger partial charge in [0.1, 0.15) is 48.8 Å².